The third-order valence-electron chi connectivity index (χ3n) is 6.61. The molecule has 0 spiro atoms. The van der Waals surface area contributed by atoms with Crippen molar-refractivity contribution in [1.29, 1.82) is 0 Å². The Morgan fingerprint density at radius 3 is 2.10 bits per heavy atom. The van der Waals surface area contributed by atoms with E-state index in [1.54, 1.807) is 0 Å². The average molecular weight is 313 g/mol. The molecular weight excluding hydrogens is 284 g/mol. The van der Waals surface area contributed by atoms with Gasteiger partial charge in [0.05, 0.1) is 0 Å². The van der Waals surface area contributed by atoms with E-state index in [2.05, 4.69) is 5.32 Å². The lowest BCUT2D eigenvalue weighted by atomic mass is 9.53. The maximum absolute atomic E-state index is 12.5. The van der Waals surface area contributed by atoms with E-state index < -0.39 is 0 Å². The molecule has 0 saturated heterocycles. The van der Waals surface area contributed by atoms with Crippen LogP contribution in [0.3, 0.4) is 0 Å². The summed E-state index contributed by atoms with van der Waals surface area (Å²) in [7, 11) is 0. The third-order valence-corrected chi connectivity index (χ3v) is 6.61. The first-order valence-electron chi connectivity index (χ1n) is 8.68. The van der Waals surface area contributed by atoms with Gasteiger partial charge in [0, 0.05) is 18.0 Å². The molecule has 5 saturated carbocycles. The zero-order chi connectivity index (χ0) is 13.7. The Kier molecular flexibility index (Phi) is 4.26. The topological polar surface area (TPSA) is 55.1 Å². The van der Waals surface area contributed by atoms with Crippen molar-refractivity contribution >= 4 is 18.3 Å². The summed E-state index contributed by atoms with van der Waals surface area (Å²) in [6.45, 7) is 0. The minimum atomic E-state index is 0. The van der Waals surface area contributed by atoms with Gasteiger partial charge in [-0.05, 0) is 75.0 Å². The second-order valence-electron chi connectivity index (χ2n) is 8.31. The van der Waals surface area contributed by atoms with E-state index in [4.69, 9.17) is 5.73 Å². The summed E-state index contributed by atoms with van der Waals surface area (Å²) in [5, 5.41) is 3.48. The quantitative estimate of drug-likeness (QED) is 0.841. The number of carbonyl (C=O) groups is 1. The fourth-order valence-electron chi connectivity index (χ4n) is 6.17. The van der Waals surface area contributed by atoms with Crippen molar-refractivity contribution in [2.24, 2.45) is 29.4 Å². The highest BCUT2D eigenvalue weighted by Gasteiger charge is 2.51. The number of amides is 1. The molecule has 0 unspecified atom stereocenters. The number of nitrogens with two attached hydrogens (primary N) is 1. The third kappa shape index (κ3) is 2.96. The predicted octanol–water partition coefficient (Wildman–Crippen LogP) is 3.01. The molecule has 0 aromatic carbocycles. The Morgan fingerprint density at radius 2 is 1.62 bits per heavy atom. The lowest BCUT2D eigenvalue weighted by Crippen LogP contribution is -2.60. The molecule has 0 aromatic rings. The predicted molar refractivity (Wildman–Crippen MR) is 86.2 cm³/mol. The van der Waals surface area contributed by atoms with Crippen LogP contribution in [-0.4, -0.2) is 17.5 Å². The van der Waals surface area contributed by atoms with Crippen LogP contribution >= 0.6 is 12.4 Å². The van der Waals surface area contributed by atoms with Gasteiger partial charge in [-0.1, -0.05) is 6.42 Å². The van der Waals surface area contributed by atoms with Crippen LogP contribution in [0.4, 0.5) is 0 Å². The SMILES string of the molecule is Cl.N[C@@H]1CCC[C@H]1CC(=O)NC12CC3CC(CC(C3)C1)C2. The van der Waals surface area contributed by atoms with E-state index in [9.17, 15) is 4.79 Å². The van der Waals surface area contributed by atoms with Gasteiger partial charge < -0.3 is 11.1 Å². The van der Waals surface area contributed by atoms with Crippen LogP contribution in [0.25, 0.3) is 0 Å². The molecule has 5 rings (SSSR count). The van der Waals surface area contributed by atoms with Crippen LogP contribution in [0, 0.1) is 23.7 Å². The zero-order valence-electron chi connectivity index (χ0n) is 12.9. The van der Waals surface area contributed by atoms with Crippen molar-refractivity contribution in [3.63, 3.8) is 0 Å². The number of hydrogen-bond donors (Lipinski definition) is 2. The second kappa shape index (κ2) is 5.73. The number of halogens is 1. The van der Waals surface area contributed by atoms with Crippen LogP contribution in [0.5, 0.6) is 0 Å². The zero-order valence-corrected chi connectivity index (χ0v) is 13.7. The molecule has 5 aliphatic rings. The first-order chi connectivity index (χ1) is 9.62. The first-order valence-corrected chi connectivity index (χ1v) is 8.68. The summed E-state index contributed by atoms with van der Waals surface area (Å²) in [6, 6.07) is 0.261. The molecule has 5 fully saturated rings. The molecule has 1 amide bonds. The minimum absolute atomic E-state index is 0. The molecule has 0 radical (unpaired) electrons. The average Bonchev–Trinajstić information content (AvgIpc) is 2.72. The maximum Gasteiger partial charge on any atom is 0.220 e. The Bertz CT molecular complexity index is 376. The summed E-state index contributed by atoms with van der Waals surface area (Å²) in [6.07, 6.45) is 12.2. The van der Waals surface area contributed by atoms with Crippen LogP contribution in [0.1, 0.15) is 64.2 Å². The molecule has 3 nitrogen and oxygen atoms in total. The molecule has 120 valence electrons. The highest BCUT2D eigenvalue weighted by atomic mass is 35.5. The number of rotatable bonds is 3. The summed E-state index contributed by atoms with van der Waals surface area (Å²) in [5.74, 6) is 3.42. The Hall–Kier alpha value is -0.280. The summed E-state index contributed by atoms with van der Waals surface area (Å²) < 4.78 is 0. The van der Waals surface area contributed by atoms with Gasteiger partial charge in [-0.3, -0.25) is 4.79 Å². The second-order valence-corrected chi connectivity index (χ2v) is 8.31. The van der Waals surface area contributed by atoms with Gasteiger partial charge in [0.15, 0.2) is 0 Å². The number of hydrogen-bond acceptors (Lipinski definition) is 2. The lowest BCUT2D eigenvalue weighted by Gasteiger charge is -2.57. The molecule has 4 bridgehead atoms. The van der Waals surface area contributed by atoms with Crippen molar-refractivity contribution in [2.45, 2.75) is 75.8 Å². The first kappa shape index (κ1) is 15.6. The highest BCUT2D eigenvalue weighted by molar-refractivity contribution is 5.85. The van der Waals surface area contributed by atoms with Crippen molar-refractivity contribution < 1.29 is 4.79 Å². The van der Waals surface area contributed by atoms with E-state index in [0.717, 1.165) is 30.6 Å². The van der Waals surface area contributed by atoms with Gasteiger partial charge in [-0.25, -0.2) is 0 Å². The summed E-state index contributed by atoms with van der Waals surface area (Å²) in [4.78, 5) is 12.5. The highest BCUT2D eigenvalue weighted by Crippen LogP contribution is 2.55. The molecular formula is C17H29ClN2O. The Morgan fingerprint density at radius 1 is 1.05 bits per heavy atom. The fourth-order valence-corrected chi connectivity index (χ4v) is 6.17. The smallest absolute Gasteiger partial charge is 0.220 e. The van der Waals surface area contributed by atoms with Crippen molar-refractivity contribution in [1.82, 2.24) is 5.32 Å². The summed E-state index contributed by atoms with van der Waals surface area (Å²) in [5.41, 5.74) is 6.28. The number of nitrogens with one attached hydrogen (secondary N) is 1. The molecule has 0 aliphatic heterocycles. The standard InChI is InChI=1S/C17H28N2O.ClH/c18-15-3-1-2-14(15)7-16(20)19-17-8-11-4-12(9-17)6-13(5-11)10-17;/h11-15H,1-10,18H2,(H,19,20);1H/t11?,12?,13?,14-,15+,17?;/m0./s1. The van der Waals surface area contributed by atoms with Crippen LogP contribution in [-0.2, 0) is 4.79 Å². The van der Waals surface area contributed by atoms with Crippen LogP contribution in [0.15, 0.2) is 0 Å². The van der Waals surface area contributed by atoms with Crippen LogP contribution < -0.4 is 11.1 Å². The van der Waals surface area contributed by atoms with Crippen molar-refractivity contribution in [3.8, 4) is 0 Å². The molecule has 3 N–H and O–H groups in total. The van der Waals surface area contributed by atoms with Crippen molar-refractivity contribution in [2.75, 3.05) is 0 Å². The van der Waals surface area contributed by atoms with E-state index in [0.29, 0.717) is 12.3 Å². The van der Waals surface area contributed by atoms with Gasteiger partial charge in [0.25, 0.3) is 0 Å². The Labute approximate surface area is 134 Å². The number of carbonyl (C=O) groups excluding carboxylic acids is 1. The van der Waals surface area contributed by atoms with Crippen molar-refractivity contribution in [3.05, 3.63) is 0 Å². The maximum atomic E-state index is 12.5. The van der Waals surface area contributed by atoms with Gasteiger partial charge in [-0.2, -0.15) is 0 Å². The molecule has 0 aromatic heterocycles. The molecule has 0 heterocycles. The van der Waals surface area contributed by atoms with E-state index in [1.165, 1.54) is 44.9 Å². The van der Waals surface area contributed by atoms with E-state index >= 15 is 0 Å². The molecule has 4 heteroatoms. The van der Waals surface area contributed by atoms with Gasteiger partial charge in [0.2, 0.25) is 5.91 Å². The molecule has 5 aliphatic carbocycles. The monoisotopic (exact) mass is 312 g/mol. The van der Waals surface area contributed by atoms with Crippen LogP contribution in [0.2, 0.25) is 0 Å². The van der Waals surface area contributed by atoms with Gasteiger partial charge >= 0.3 is 0 Å². The van der Waals surface area contributed by atoms with Gasteiger partial charge in [0.1, 0.15) is 0 Å². The summed E-state index contributed by atoms with van der Waals surface area (Å²) >= 11 is 0. The normalized spacial score (nSPS) is 47.2. The fraction of sp³-hybridized carbons (Fsp3) is 0.941. The lowest BCUT2D eigenvalue weighted by molar-refractivity contribution is -0.127. The van der Waals surface area contributed by atoms with Gasteiger partial charge in [-0.15, -0.1) is 12.4 Å². The van der Waals surface area contributed by atoms with E-state index in [1.807, 2.05) is 0 Å². The van der Waals surface area contributed by atoms with E-state index in [-0.39, 0.29) is 29.9 Å². The largest absolute Gasteiger partial charge is 0.351 e. The Balaban J connectivity index is 0.00000132. The molecule has 21 heavy (non-hydrogen) atoms. The minimum Gasteiger partial charge on any atom is -0.351 e. The molecule has 2 atom stereocenters.